The molecule has 0 saturated heterocycles. The smallest absolute Gasteiger partial charge is 0.261 e. The van der Waals surface area contributed by atoms with Crippen LogP contribution in [0.3, 0.4) is 0 Å². The Morgan fingerprint density at radius 2 is 1.30 bits per heavy atom. The van der Waals surface area contributed by atoms with E-state index in [4.69, 9.17) is 0 Å². The molecule has 1 unspecified atom stereocenters. The summed E-state index contributed by atoms with van der Waals surface area (Å²) in [6.07, 6.45) is 0. The van der Waals surface area contributed by atoms with Crippen molar-refractivity contribution in [2.75, 3.05) is 5.43 Å². The highest BCUT2D eigenvalue weighted by Gasteiger charge is 2.27. The summed E-state index contributed by atoms with van der Waals surface area (Å²) in [5, 5.41) is 2.29. The summed E-state index contributed by atoms with van der Waals surface area (Å²) >= 11 is 0. The van der Waals surface area contributed by atoms with Crippen LogP contribution in [0.4, 0.5) is 27.6 Å². The number of carbonyl (C=O) groups is 2. The van der Waals surface area contributed by atoms with Crippen molar-refractivity contribution < 1.29 is 31.5 Å². The van der Waals surface area contributed by atoms with Gasteiger partial charge in [0.05, 0.1) is 0 Å². The van der Waals surface area contributed by atoms with Crippen LogP contribution in [0.25, 0.3) is 0 Å². The van der Waals surface area contributed by atoms with Gasteiger partial charge < -0.3 is 5.32 Å². The van der Waals surface area contributed by atoms with Crippen LogP contribution in [0.2, 0.25) is 0 Å². The number of benzene rings is 1. The first-order valence-corrected chi connectivity index (χ1v) is 6.42. The number of nitrogens with one attached hydrogen (secondary N) is 3. The topological polar surface area (TPSA) is 70.2 Å². The third kappa shape index (κ3) is 4.08. The van der Waals surface area contributed by atoms with Crippen molar-refractivity contribution in [3.63, 3.8) is 0 Å². The number of hydrogen-bond donors (Lipinski definition) is 3. The van der Waals surface area contributed by atoms with Gasteiger partial charge >= 0.3 is 0 Å². The largest absolute Gasteiger partial charge is 0.344 e. The Morgan fingerprint density at radius 1 is 0.870 bits per heavy atom. The normalized spacial score (nSPS) is 12.0. The van der Waals surface area contributed by atoms with E-state index >= 15 is 0 Å². The molecule has 10 heteroatoms. The summed E-state index contributed by atoms with van der Waals surface area (Å²) in [6.45, 7) is 4.32. The minimum atomic E-state index is -2.31. The molecule has 0 fully saturated rings. The molecule has 0 aliphatic carbocycles. The van der Waals surface area contributed by atoms with Crippen LogP contribution in [0, 0.1) is 35.0 Å². The molecular weight excluding hydrogens is 325 g/mol. The highest BCUT2D eigenvalue weighted by atomic mass is 19.2. The lowest BCUT2D eigenvalue weighted by atomic mass is 10.0. The van der Waals surface area contributed by atoms with Crippen LogP contribution < -0.4 is 16.2 Å². The van der Waals surface area contributed by atoms with E-state index in [1.807, 2.05) is 0 Å². The highest BCUT2D eigenvalue weighted by molar-refractivity contribution is 5.87. The van der Waals surface area contributed by atoms with Crippen LogP contribution in [0.5, 0.6) is 0 Å². The summed E-state index contributed by atoms with van der Waals surface area (Å²) in [4.78, 5) is 22.9. The van der Waals surface area contributed by atoms with E-state index < -0.39 is 58.5 Å². The van der Waals surface area contributed by atoms with Gasteiger partial charge in [-0.05, 0) is 5.92 Å². The molecule has 0 aliphatic rings. The van der Waals surface area contributed by atoms with Crippen molar-refractivity contribution in [2.24, 2.45) is 5.92 Å². The minimum absolute atomic E-state index is 0.392. The number of anilines is 1. The highest BCUT2D eigenvalue weighted by Crippen LogP contribution is 2.26. The fourth-order valence-electron chi connectivity index (χ4n) is 1.67. The maximum Gasteiger partial charge on any atom is 0.261 e. The van der Waals surface area contributed by atoms with Crippen molar-refractivity contribution >= 4 is 17.5 Å². The van der Waals surface area contributed by atoms with Gasteiger partial charge in [-0.15, -0.1) is 0 Å². The number of carbonyl (C=O) groups excluding carboxylic acids is 2. The van der Waals surface area contributed by atoms with Crippen LogP contribution in [0.15, 0.2) is 0 Å². The Kier molecular flexibility index (Phi) is 5.88. The molecule has 0 radical (unpaired) electrons. The molecule has 23 heavy (non-hydrogen) atoms. The third-order valence-corrected chi connectivity index (χ3v) is 2.83. The lowest BCUT2D eigenvalue weighted by Gasteiger charge is -2.21. The second-order valence-electron chi connectivity index (χ2n) is 4.98. The van der Waals surface area contributed by atoms with Gasteiger partial charge in [0.2, 0.25) is 11.7 Å². The molecule has 3 N–H and O–H groups in total. The zero-order chi connectivity index (χ0) is 17.9. The maximum atomic E-state index is 13.4. The van der Waals surface area contributed by atoms with Crippen molar-refractivity contribution in [3.8, 4) is 0 Å². The van der Waals surface area contributed by atoms with E-state index in [1.54, 1.807) is 24.7 Å². The predicted octanol–water partition coefficient (Wildman–Crippen LogP) is 1.99. The molecule has 1 aromatic rings. The van der Waals surface area contributed by atoms with Crippen molar-refractivity contribution in [1.29, 1.82) is 0 Å². The number of amides is 2. The van der Waals surface area contributed by atoms with Crippen molar-refractivity contribution in [3.05, 3.63) is 29.1 Å². The van der Waals surface area contributed by atoms with Gasteiger partial charge in [0, 0.05) is 6.92 Å². The van der Waals surface area contributed by atoms with Gasteiger partial charge in [0.15, 0.2) is 23.3 Å². The summed E-state index contributed by atoms with van der Waals surface area (Å²) < 4.78 is 65.8. The Labute approximate surface area is 128 Å². The molecule has 0 heterocycles. The van der Waals surface area contributed by atoms with Crippen molar-refractivity contribution in [2.45, 2.75) is 26.8 Å². The Bertz CT molecular complexity index is 608. The Hall–Kier alpha value is -2.39. The number of hydrazine groups is 1. The first kappa shape index (κ1) is 18.7. The second kappa shape index (κ2) is 7.25. The zero-order valence-electron chi connectivity index (χ0n) is 12.4. The Morgan fingerprint density at radius 3 is 1.70 bits per heavy atom. The molecule has 128 valence electrons. The molecule has 1 aromatic carbocycles. The molecular formula is C13H14F5N3O2. The van der Waals surface area contributed by atoms with E-state index in [9.17, 15) is 31.5 Å². The molecule has 0 aromatic heterocycles. The fourth-order valence-corrected chi connectivity index (χ4v) is 1.67. The lowest BCUT2D eigenvalue weighted by molar-refractivity contribution is -0.128. The first-order chi connectivity index (χ1) is 10.6. The summed E-state index contributed by atoms with van der Waals surface area (Å²) in [7, 11) is 0. The SMILES string of the molecule is CC(=O)NC(C(=O)NNc1c(F)c(F)c(F)c(F)c1F)C(C)C. The summed E-state index contributed by atoms with van der Waals surface area (Å²) in [6, 6.07) is -1.07. The molecule has 0 saturated carbocycles. The van der Waals surface area contributed by atoms with Gasteiger partial charge in [0.1, 0.15) is 11.7 Å². The number of halogens is 5. The average molecular weight is 339 g/mol. The minimum Gasteiger partial charge on any atom is -0.344 e. The Balaban J connectivity index is 2.98. The summed E-state index contributed by atoms with van der Waals surface area (Å²) in [5.41, 5.74) is 2.05. The molecule has 0 bridgehead atoms. The van der Waals surface area contributed by atoms with E-state index in [0.29, 0.717) is 0 Å². The van der Waals surface area contributed by atoms with Gasteiger partial charge in [-0.3, -0.25) is 20.4 Å². The monoisotopic (exact) mass is 339 g/mol. The number of rotatable bonds is 5. The van der Waals surface area contributed by atoms with Gasteiger partial charge in [-0.25, -0.2) is 22.0 Å². The third-order valence-electron chi connectivity index (χ3n) is 2.83. The molecule has 0 spiro atoms. The van der Waals surface area contributed by atoms with Gasteiger partial charge in [0.25, 0.3) is 5.91 Å². The lowest BCUT2D eigenvalue weighted by Crippen LogP contribution is -2.50. The van der Waals surface area contributed by atoms with E-state index in [1.165, 1.54) is 0 Å². The fraction of sp³-hybridized carbons (Fsp3) is 0.385. The number of hydrogen-bond acceptors (Lipinski definition) is 3. The molecule has 0 aliphatic heterocycles. The molecule has 1 atom stereocenters. The quantitative estimate of drug-likeness (QED) is 0.333. The molecule has 2 amide bonds. The van der Waals surface area contributed by atoms with E-state index in [2.05, 4.69) is 5.32 Å². The van der Waals surface area contributed by atoms with E-state index in [0.717, 1.165) is 6.92 Å². The van der Waals surface area contributed by atoms with E-state index in [-0.39, 0.29) is 0 Å². The van der Waals surface area contributed by atoms with Crippen LogP contribution in [-0.2, 0) is 9.59 Å². The second-order valence-corrected chi connectivity index (χ2v) is 4.98. The zero-order valence-corrected chi connectivity index (χ0v) is 12.4. The van der Waals surface area contributed by atoms with Gasteiger partial charge in [-0.1, -0.05) is 13.8 Å². The standard InChI is InChI=1S/C13H14F5N3O2/c1-4(2)11(19-5(3)22)13(23)21-20-12-9(17)7(15)6(14)8(16)10(12)18/h4,11,20H,1-3H3,(H,19,22)(H,21,23). The van der Waals surface area contributed by atoms with Crippen LogP contribution in [-0.4, -0.2) is 17.9 Å². The predicted molar refractivity (Wildman–Crippen MR) is 70.4 cm³/mol. The average Bonchev–Trinajstić information content (AvgIpc) is 2.47. The van der Waals surface area contributed by atoms with Crippen LogP contribution in [0.1, 0.15) is 20.8 Å². The molecule has 5 nitrogen and oxygen atoms in total. The maximum absolute atomic E-state index is 13.4. The van der Waals surface area contributed by atoms with Gasteiger partial charge in [-0.2, -0.15) is 0 Å². The van der Waals surface area contributed by atoms with Crippen molar-refractivity contribution in [1.82, 2.24) is 10.7 Å². The molecule has 1 rings (SSSR count). The van der Waals surface area contributed by atoms with Crippen LogP contribution >= 0.6 is 0 Å². The first-order valence-electron chi connectivity index (χ1n) is 6.42. The summed E-state index contributed by atoms with van der Waals surface area (Å²) in [5.74, 6) is -12.7.